The molecule has 0 atom stereocenters. The Morgan fingerprint density at radius 1 is 1.00 bits per heavy atom. The van der Waals surface area contributed by atoms with E-state index < -0.39 is 5.91 Å². The van der Waals surface area contributed by atoms with Crippen LogP contribution >= 0.6 is 39.1 Å². The Hall–Kier alpha value is -1.76. The van der Waals surface area contributed by atoms with Crippen LogP contribution in [0.2, 0.25) is 10.0 Å². The lowest BCUT2D eigenvalue weighted by Crippen LogP contribution is -2.44. The minimum Gasteiger partial charge on any atom is -0.482 e. The van der Waals surface area contributed by atoms with E-state index in [1.54, 1.807) is 42.5 Å². The Labute approximate surface area is 157 Å². The summed E-state index contributed by atoms with van der Waals surface area (Å²) in [4.78, 5) is 23.4. The van der Waals surface area contributed by atoms with Gasteiger partial charge in [0.25, 0.3) is 5.91 Å². The second-order valence-electron chi connectivity index (χ2n) is 4.76. The molecule has 0 radical (unpaired) electrons. The molecule has 0 bridgehead atoms. The van der Waals surface area contributed by atoms with Gasteiger partial charge in [-0.25, -0.2) is 0 Å². The van der Waals surface area contributed by atoms with Gasteiger partial charge in [0.05, 0.1) is 11.4 Å². The van der Waals surface area contributed by atoms with E-state index in [0.29, 0.717) is 15.8 Å². The Kier molecular flexibility index (Phi) is 6.90. The molecule has 2 amide bonds. The van der Waals surface area contributed by atoms with Gasteiger partial charge in [0, 0.05) is 9.50 Å². The molecule has 2 rings (SSSR count). The number of halogens is 3. The first-order valence-electron chi connectivity index (χ1n) is 6.84. The predicted molar refractivity (Wildman–Crippen MR) is 96.1 cm³/mol. The molecule has 126 valence electrons. The van der Waals surface area contributed by atoms with Crippen LogP contribution in [0.4, 0.5) is 0 Å². The van der Waals surface area contributed by atoms with E-state index in [0.717, 1.165) is 10.0 Å². The van der Waals surface area contributed by atoms with Gasteiger partial charge < -0.3 is 4.74 Å². The van der Waals surface area contributed by atoms with Crippen molar-refractivity contribution in [2.24, 2.45) is 0 Å². The normalized spacial score (nSPS) is 10.1. The van der Waals surface area contributed by atoms with Crippen molar-refractivity contribution < 1.29 is 14.3 Å². The number of nitrogens with one attached hydrogen (secondary N) is 2. The second kappa shape index (κ2) is 8.92. The summed E-state index contributed by atoms with van der Waals surface area (Å²) in [6.07, 6.45) is 0.122. The Morgan fingerprint density at radius 2 is 1.67 bits per heavy atom. The SMILES string of the molecule is O=C(COc1ccc(Br)cc1Cl)NNC(=O)Cc1ccc(Cl)cc1. The molecule has 5 nitrogen and oxygen atoms in total. The number of hydrogen-bond donors (Lipinski definition) is 2. The molecule has 0 aliphatic carbocycles. The van der Waals surface area contributed by atoms with Crippen LogP contribution in [0.15, 0.2) is 46.9 Å². The number of ether oxygens (including phenoxy) is 1. The van der Waals surface area contributed by atoms with Crippen molar-refractivity contribution in [1.82, 2.24) is 10.9 Å². The van der Waals surface area contributed by atoms with Crippen LogP contribution in [0.1, 0.15) is 5.56 Å². The molecular formula is C16H13BrCl2N2O3. The molecule has 0 saturated carbocycles. The third-order valence-corrected chi connectivity index (χ3v) is 3.91. The minimum absolute atomic E-state index is 0.122. The van der Waals surface area contributed by atoms with Crippen molar-refractivity contribution in [3.05, 3.63) is 62.5 Å². The molecule has 24 heavy (non-hydrogen) atoms. The molecule has 0 unspecified atom stereocenters. The zero-order valence-electron chi connectivity index (χ0n) is 12.3. The molecule has 2 aromatic rings. The number of amides is 2. The van der Waals surface area contributed by atoms with E-state index in [9.17, 15) is 9.59 Å². The first-order chi connectivity index (χ1) is 11.4. The van der Waals surface area contributed by atoms with Crippen molar-refractivity contribution in [3.8, 4) is 5.75 Å². The van der Waals surface area contributed by atoms with Crippen LogP contribution in [-0.2, 0) is 16.0 Å². The monoisotopic (exact) mass is 430 g/mol. The summed E-state index contributed by atoms with van der Waals surface area (Å²) in [6, 6.07) is 11.9. The van der Waals surface area contributed by atoms with Gasteiger partial charge in [-0.15, -0.1) is 0 Å². The maximum atomic E-state index is 11.7. The molecule has 8 heteroatoms. The van der Waals surface area contributed by atoms with Crippen LogP contribution < -0.4 is 15.6 Å². The third kappa shape index (κ3) is 6.03. The highest BCUT2D eigenvalue weighted by atomic mass is 79.9. The lowest BCUT2D eigenvalue weighted by molar-refractivity contribution is -0.129. The van der Waals surface area contributed by atoms with Crippen LogP contribution in [0.25, 0.3) is 0 Å². The smallest absolute Gasteiger partial charge is 0.276 e. The Bertz CT molecular complexity index is 739. The molecule has 2 N–H and O–H groups in total. The fraction of sp³-hybridized carbons (Fsp3) is 0.125. The van der Waals surface area contributed by atoms with Crippen molar-refractivity contribution in [3.63, 3.8) is 0 Å². The molecule has 0 aromatic heterocycles. The number of benzene rings is 2. The molecule has 2 aromatic carbocycles. The number of rotatable bonds is 5. The van der Waals surface area contributed by atoms with E-state index in [2.05, 4.69) is 26.8 Å². The highest BCUT2D eigenvalue weighted by Crippen LogP contribution is 2.27. The van der Waals surface area contributed by atoms with Gasteiger partial charge in [-0.05, 0) is 35.9 Å². The molecule has 0 heterocycles. The number of carbonyl (C=O) groups is 2. The van der Waals surface area contributed by atoms with Gasteiger partial charge in [0.15, 0.2) is 6.61 Å². The van der Waals surface area contributed by atoms with E-state index >= 15 is 0 Å². The highest BCUT2D eigenvalue weighted by Gasteiger charge is 2.08. The lowest BCUT2D eigenvalue weighted by Gasteiger charge is -2.10. The van der Waals surface area contributed by atoms with Gasteiger partial charge in [0.1, 0.15) is 5.75 Å². The predicted octanol–water partition coefficient (Wildman–Crippen LogP) is 3.52. The molecular weight excluding hydrogens is 419 g/mol. The summed E-state index contributed by atoms with van der Waals surface area (Å²) in [7, 11) is 0. The molecule has 0 spiro atoms. The van der Waals surface area contributed by atoms with Gasteiger partial charge in [-0.2, -0.15) is 0 Å². The highest BCUT2D eigenvalue weighted by molar-refractivity contribution is 9.10. The number of hydrogen-bond acceptors (Lipinski definition) is 3. The van der Waals surface area contributed by atoms with Crippen LogP contribution in [0, 0.1) is 0 Å². The summed E-state index contributed by atoms with van der Waals surface area (Å²) in [5.41, 5.74) is 5.37. The first-order valence-corrected chi connectivity index (χ1v) is 8.39. The van der Waals surface area contributed by atoms with Crippen LogP contribution in [0.5, 0.6) is 5.75 Å². The zero-order valence-corrected chi connectivity index (χ0v) is 15.4. The van der Waals surface area contributed by atoms with E-state index in [4.69, 9.17) is 27.9 Å². The van der Waals surface area contributed by atoms with Crippen molar-refractivity contribution in [1.29, 1.82) is 0 Å². The second-order valence-corrected chi connectivity index (χ2v) is 6.52. The van der Waals surface area contributed by atoms with Crippen LogP contribution in [-0.4, -0.2) is 18.4 Å². The quantitative estimate of drug-likeness (QED) is 0.711. The number of carbonyl (C=O) groups excluding carboxylic acids is 2. The average Bonchev–Trinajstić information content (AvgIpc) is 2.54. The van der Waals surface area contributed by atoms with Gasteiger partial charge in [-0.3, -0.25) is 20.4 Å². The fourth-order valence-corrected chi connectivity index (χ4v) is 2.60. The lowest BCUT2D eigenvalue weighted by atomic mass is 10.1. The van der Waals surface area contributed by atoms with E-state index in [1.165, 1.54) is 0 Å². The van der Waals surface area contributed by atoms with E-state index in [1.807, 2.05) is 0 Å². The zero-order chi connectivity index (χ0) is 17.5. The summed E-state index contributed by atoms with van der Waals surface area (Å²) in [6.45, 7) is -0.275. The first kappa shape index (κ1) is 18.6. The largest absolute Gasteiger partial charge is 0.482 e. The summed E-state index contributed by atoms with van der Waals surface area (Å²) < 4.78 is 6.09. The summed E-state index contributed by atoms with van der Waals surface area (Å²) >= 11 is 15.0. The minimum atomic E-state index is -0.501. The Morgan fingerprint density at radius 3 is 2.33 bits per heavy atom. The molecule has 0 fully saturated rings. The van der Waals surface area contributed by atoms with Crippen molar-refractivity contribution >= 4 is 50.9 Å². The standard InChI is InChI=1S/C16H13BrCl2N2O3/c17-11-3-6-14(13(19)8-11)24-9-16(23)21-20-15(22)7-10-1-4-12(18)5-2-10/h1-6,8H,7,9H2,(H,20,22)(H,21,23). The summed E-state index contributed by atoms with van der Waals surface area (Å²) in [5, 5.41) is 0.972. The number of hydrazine groups is 1. The van der Waals surface area contributed by atoms with Crippen LogP contribution in [0.3, 0.4) is 0 Å². The topological polar surface area (TPSA) is 67.4 Å². The molecule has 0 aliphatic heterocycles. The van der Waals surface area contributed by atoms with Crippen molar-refractivity contribution in [2.45, 2.75) is 6.42 Å². The third-order valence-electron chi connectivity index (χ3n) is 2.87. The van der Waals surface area contributed by atoms with Crippen molar-refractivity contribution in [2.75, 3.05) is 6.61 Å². The maximum Gasteiger partial charge on any atom is 0.276 e. The molecule has 0 aliphatic rings. The Balaban J connectivity index is 1.74. The maximum absolute atomic E-state index is 11.7. The molecule has 0 saturated heterocycles. The van der Waals surface area contributed by atoms with E-state index in [-0.39, 0.29) is 18.9 Å². The average molecular weight is 432 g/mol. The van der Waals surface area contributed by atoms with Gasteiger partial charge in [0.2, 0.25) is 5.91 Å². The fourth-order valence-electron chi connectivity index (χ4n) is 1.74. The summed E-state index contributed by atoms with van der Waals surface area (Å²) in [5.74, 6) is -0.478. The van der Waals surface area contributed by atoms with Gasteiger partial charge >= 0.3 is 0 Å². The van der Waals surface area contributed by atoms with Gasteiger partial charge in [-0.1, -0.05) is 51.3 Å².